The molecule has 2 N–H and O–H groups in total. The first-order valence-electron chi connectivity index (χ1n) is 5.55. The predicted molar refractivity (Wildman–Crippen MR) is 68.2 cm³/mol. The minimum Gasteiger partial charge on any atom is -0.504 e. The largest absolute Gasteiger partial charge is 0.504 e. The first-order valence-corrected chi connectivity index (χ1v) is 7.03. The van der Waals surface area contributed by atoms with Gasteiger partial charge in [-0.05, 0) is 18.2 Å². The van der Waals surface area contributed by atoms with E-state index in [1.165, 1.54) is 24.3 Å². The maximum absolute atomic E-state index is 12.6. The second kappa shape index (κ2) is 5.24. The van der Waals surface area contributed by atoms with E-state index in [-0.39, 0.29) is 4.90 Å². The van der Waals surface area contributed by atoms with Gasteiger partial charge in [0.25, 0.3) is 10.0 Å². The molecule has 21 heavy (non-hydrogen) atoms. The Morgan fingerprint density at radius 1 is 1.10 bits per heavy atom. The van der Waals surface area contributed by atoms with Crippen LogP contribution in [0.25, 0.3) is 0 Å². The topological polar surface area (TPSA) is 79.3 Å². The van der Waals surface area contributed by atoms with E-state index in [1.807, 2.05) is 4.72 Å². The van der Waals surface area contributed by atoms with Crippen LogP contribution in [0.3, 0.4) is 0 Å². The van der Waals surface area contributed by atoms with Crippen LogP contribution in [0.1, 0.15) is 5.56 Å². The third-order valence-electron chi connectivity index (χ3n) is 2.51. The number of nitrogens with zero attached hydrogens (tertiary/aromatic N) is 1. The van der Waals surface area contributed by atoms with Gasteiger partial charge >= 0.3 is 6.18 Å². The average molecular weight is 318 g/mol. The highest BCUT2D eigenvalue weighted by Crippen LogP contribution is 2.38. The van der Waals surface area contributed by atoms with Crippen LogP contribution in [0, 0.1) is 0 Å². The van der Waals surface area contributed by atoms with Crippen molar-refractivity contribution >= 4 is 15.8 Å². The highest BCUT2D eigenvalue weighted by molar-refractivity contribution is 7.92. The molecule has 0 fully saturated rings. The Hall–Kier alpha value is -2.29. The van der Waals surface area contributed by atoms with E-state index >= 15 is 0 Å². The Balaban J connectivity index is 2.42. The Morgan fingerprint density at radius 3 is 2.29 bits per heavy atom. The van der Waals surface area contributed by atoms with Gasteiger partial charge in [-0.1, -0.05) is 18.2 Å². The molecule has 1 aromatic carbocycles. The number of benzene rings is 1. The van der Waals surface area contributed by atoms with E-state index in [9.17, 15) is 26.7 Å². The van der Waals surface area contributed by atoms with Crippen LogP contribution in [0.2, 0.25) is 0 Å². The molecule has 0 spiro atoms. The van der Waals surface area contributed by atoms with E-state index in [2.05, 4.69) is 4.98 Å². The van der Waals surface area contributed by atoms with Gasteiger partial charge in [0.1, 0.15) is 5.56 Å². The van der Waals surface area contributed by atoms with Gasteiger partial charge in [-0.25, -0.2) is 13.4 Å². The summed E-state index contributed by atoms with van der Waals surface area (Å²) in [6.07, 6.45) is -4.06. The maximum atomic E-state index is 12.6. The summed E-state index contributed by atoms with van der Waals surface area (Å²) in [6.45, 7) is 0. The van der Waals surface area contributed by atoms with Crippen molar-refractivity contribution in [3.63, 3.8) is 0 Å². The fourth-order valence-corrected chi connectivity index (χ4v) is 2.58. The van der Waals surface area contributed by atoms with Gasteiger partial charge in [-0.15, -0.1) is 0 Å². The maximum Gasteiger partial charge on any atom is 0.420 e. The normalized spacial score (nSPS) is 12.1. The quantitative estimate of drug-likeness (QED) is 0.912. The molecule has 5 nitrogen and oxygen atoms in total. The summed E-state index contributed by atoms with van der Waals surface area (Å²) in [5, 5.41) is 9.53. The lowest BCUT2D eigenvalue weighted by molar-refractivity contribution is -0.138. The first kappa shape index (κ1) is 15.1. The lowest BCUT2D eigenvalue weighted by atomic mass is 10.2. The molecule has 2 rings (SSSR count). The zero-order valence-corrected chi connectivity index (χ0v) is 11.1. The molecule has 0 aliphatic rings. The molecule has 0 amide bonds. The summed E-state index contributed by atoms with van der Waals surface area (Å²) in [5.74, 6) is -2.06. The molecule has 9 heteroatoms. The summed E-state index contributed by atoms with van der Waals surface area (Å²) in [7, 11) is -4.14. The molecule has 0 unspecified atom stereocenters. The van der Waals surface area contributed by atoms with E-state index in [4.69, 9.17) is 0 Å². The molecule has 0 aliphatic carbocycles. The number of hydrogen-bond donors (Lipinski definition) is 2. The standard InChI is InChI=1S/C12H9F3N2O3S/c13-12(14,15)9-6-7-16-11(10(9)18)17-21(19,20)8-4-2-1-3-5-8/h1-7,18H,(H,16,17). The minimum atomic E-state index is -4.82. The molecule has 1 heterocycles. The van der Waals surface area contributed by atoms with Crippen molar-refractivity contribution < 1.29 is 26.7 Å². The predicted octanol–water partition coefficient (Wildman–Crippen LogP) is 2.61. The van der Waals surface area contributed by atoms with Gasteiger partial charge in [-0.2, -0.15) is 13.2 Å². The number of rotatable bonds is 3. The lowest BCUT2D eigenvalue weighted by Crippen LogP contribution is -2.15. The Kier molecular flexibility index (Phi) is 3.77. The van der Waals surface area contributed by atoms with Crippen molar-refractivity contribution in [2.75, 3.05) is 4.72 Å². The molecule has 2 aromatic rings. The minimum absolute atomic E-state index is 0.163. The number of sulfonamides is 1. The number of aromatic hydroxyl groups is 1. The highest BCUT2D eigenvalue weighted by Gasteiger charge is 2.35. The Bertz CT molecular complexity index is 746. The van der Waals surface area contributed by atoms with Crippen molar-refractivity contribution in [1.82, 2.24) is 4.98 Å². The van der Waals surface area contributed by atoms with Crippen molar-refractivity contribution in [2.24, 2.45) is 0 Å². The third-order valence-corrected chi connectivity index (χ3v) is 3.87. The molecule has 0 bridgehead atoms. The Labute approximate surface area is 118 Å². The van der Waals surface area contributed by atoms with Crippen molar-refractivity contribution in [2.45, 2.75) is 11.1 Å². The van der Waals surface area contributed by atoms with Crippen LogP contribution in [0.5, 0.6) is 5.75 Å². The molecule has 0 atom stereocenters. The second-order valence-electron chi connectivity index (χ2n) is 3.97. The molecule has 0 saturated heterocycles. The van der Waals surface area contributed by atoms with Gasteiger partial charge < -0.3 is 5.11 Å². The summed E-state index contributed by atoms with van der Waals surface area (Å²) in [5.41, 5.74) is -1.37. The van der Waals surface area contributed by atoms with Crippen LogP contribution in [0.15, 0.2) is 47.5 Å². The summed E-state index contributed by atoms with van der Waals surface area (Å²) in [6, 6.07) is 7.55. The summed E-state index contributed by atoms with van der Waals surface area (Å²) in [4.78, 5) is 3.26. The van der Waals surface area contributed by atoms with Gasteiger partial charge in [0.15, 0.2) is 11.6 Å². The molecular formula is C12H9F3N2O3S. The van der Waals surface area contributed by atoms with Crippen molar-refractivity contribution in [3.8, 4) is 5.75 Å². The van der Waals surface area contributed by atoms with Crippen molar-refractivity contribution in [1.29, 1.82) is 0 Å². The van der Waals surface area contributed by atoms with Gasteiger partial charge in [0.05, 0.1) is 4.90 Å². The average Bonchev–Trinajstić information content (AvgIpc) is 2.41. The van der Waals surface area contributed by atoms with Gasteiger partial charge in [0, 0.05) is 6.20 Å². The SMILES string of the molecule is O=S(=O)(Nc1nccc(C(F)(F)F)c1O)c1ccccc1. The van der Waals surface area contributed by atoms with E-state index in [0.29, 0.717) is 6.07 Å². The number of alkyl halides is 3. The number of halogens is 3. The zero-order chi connectivity index (χ0) is 15.7. The van der Waals surface area contributed by atoms with Gasteiger partial charge in [0.2, 0.25) is 0 Å². The number of hydrogen-bond acceptors (Lipinski definition) is 4. The first-order chi connectivity index (χ1) is 9.72. The molecule has 112 valence electrons. The third kappa shape index (κ3) is 3.24. The fraction of sp³-hybridized carbons (Fsp3) is 0.0833. The van der Waals surface area contributed by atoms with Gasteiger partial charge in [-0.3, -0.25) is 4.72 Å². The number of aromatic nitrogens is 1. The van der Waals surface area contributed by atoms with Crippen LogP contribution in [0.4, 0.5) is 19.0 Å². The smallest absolute Gasteiger partial charge is 0.420 e. The van der Waals surface area contributed by atoms with Crippen molar-refractivity contribution in [3.05, 3.63) is 48.2 Å². The van der Waals surface area contributed by atoms with E-state index < -0.39 is 33.3 Å². The molecule has 0 radical (unpaired) electrons. The van der Waals surface area contributed by atoms with E-state index in [0.717, 1.165) is 6.20 Å². The highest BCUT2D eigenvalue weighted by atomic mass is 32.2. The number of pyridine rings is 1. The summed E-state index contributed by atoms with van der Waals surface area (Å²) < 4.78 is 63.6. The molecule has 1 aromatic heterocycles. The summed E-state index contributed by atoms with van der Waals surface area (Å²) >= 11 is 0. The molecule has 0 aliphatic heterocycles. The van der Waals surface area contributed by atoms with Crippen LogP contribution in [-0.2, 0) is 16.2 Å². The van der Waals surface area contributed by atoms with Crippen LogP contribution >= 0.6 is 0 Å². The molecule has 0 saturated carbocycles. The monoisotopic (exact) mass is 318 g/mol. The van der Waals surface area contributed by atoms with E-state index in [1.54, 1.807) is 6.07 Å². The van der Waals surface area contributed by atoms with Crippen LogP contribution in [-0.4, -0.2) is 18.5 Å². The lowest BCUT2D eigenvalue weighted by Gasteiger charge is -2.13. The van der Waals surface area contributed by atoms with Crippen LogP contribution < -0.4 is 4.72 Å². The fourth-order valence-electron chi connectivity index (χ4n) is 1.54. The zero-order valence-electron chi connectivity index (χ0n) is 10.3. The Morgan fingerprint density at radius 2 is 1.71 bits per heavy atom. The number of anilines is 1. The molecular weight excluding hydrogens is 309 g/mol. The number of nitrogens with one attached hydrogen (secondary N) is 1. The second-order valence-corrected chi connectivity index (χ2v) is 5.65.